The van der Waals surface area contributed by atoms with Crippen LogP contribution in [0.25, 0.3) is 0 Å². The Morgan fingerprint density at radius 3 is 2.62 bits per heavy atom. The van der Waals surface area contributed by atoms with Crippen molar-refractivity contribution in [3.05, 3.63) is 35.9 Å². The minimum absolute atomic E-state index is 0.267. The Morgan fingerprint density at radius 2 is 1.96 bits per heavy atom. The number of fused-ring (bicyclic) bond motifs is 1. The lowest BCUT2D eigenvalue weighted by atomic mass is 9.98. The standard InChI is InChI=1S/C17H22O7/c1-17(2)23-14-12(21-9-10-7-5-4-6-8-10)11(18)13(15(19)20-3)22-16(14)24-17/h4-8,11-14,16,18H,9H2,1-3H3/t11-,12?,13?,14?,16+/m0/s1. The van der Waals surface area contributed by atoms with Gasteiger partial charge in [0.2, 0.25) is 0 Å². The van der Waals surface area contributed by atoms with Crippen LogP contribution in [0.1, 0.15) is 19.4 Å². The van der Waals surface area contributed by atoms with E-state index < -0.39 is 42.5 Å². The Bertz CT molecular complexity index is 574. The van der Waals surface area contributed by atoms with E-state index in [1.165, 1.54) is 7.11 Å². The van der Waals surface area contributed by atoms with Crippen LogP contribution in [0, 0.1) is 0 Å². The van der Waals surface area contributed by atoms with Gasteiger partial charge in [-0.1, -0.05) is 30.3 Å². The molecule has 1 aromatic rings. The van der Waals surface area contributed by atoms with Crippen molar-refractivity contribution in [1.29, 1.82) is 0 Å². The Morgan fingerprint density at radius 1 is 1.25 bits per heavy atom. The van der Waals surface area contributed by atoms with Crippen LogP contribution in [-0.4, -0.2) is 54.7 Å². The average molecular weight is 338 g/mol. The highest BCUT2D eigenvalue weighted by Gasteiger charge is 2.56. The number of benzene rings is 1. The smallest absolute Gasteiger partial charge is 0.337 e. The summed E-state index contributed by atoms with van der Waals surface area (Å²) in [4.78, 5) is 11.9. The number of hydrogen-bond acceptors (Lipinski definition) is 7. The maximum atomic E-state index is 11.9. The minimum Gasteiger partial charge on any atom is -0.467 e. The Balaban J connectivity index is 1.78. The van der Waals surface area contributed by atoms with E-state index in [0.717, 1.165) is 5.56 Å². The third-order valence-electron chi connectivity index (χ3n) is 4.06. The third kappa shape index (κ3) is 3.45. The number of aliphatic hydroxyl groups excluding tert-OH is 1. The van der Waals surface area contributed by atoms with Crippen LogP contribution in [-0.2, 0) is 35.1 Å². The number of aliphatic hydroxyl groups is 1. The maximum absolute atomic E-state index is 11.9. The van der Waals surface area contributed by atoms with Crippen LogP contribution in [0.15, 0.2) is 30.3 Å². The van der Waals surface area contributed by atoms with Crippen molar-refractivity contribution in [2.75, 3.05) is 7.11 Å². The summed E-state index contributed by atoms with van der Waals surface area (Å²) in [5, 5.41) is 10.5. The predicted molar refractivity (Wildman–Crippen MR) is 81.7 cm³/mol. The predicted octanol–water partition coefficient (Wildman–Crippen LogP) is 0.982. The normalized spacial score (nSPS) is 34.6. The number of methoxy groups -OCH3 is 1. The van der Waals surface area contributed by atoms with E-state index in [1.807, 2.05) is 30.3 Å². The summed E-state index contributed by atoms with van der Waals surface area (Å²) in [7, 11) is 1.24. The van der Waals surface area contributed by atoms with Crippen molar-refractivity contribution in [3.63, 3.8) is 0 Å². The number of carbonyl (C=O) groups excluding carboxylic acids is 1. The highest BCUT2D eigenvalue weighted by molar-refractivity contribution is 5.75. The summed E-state index contributed by atoms with van der Waals surface area (Å²) in [5.41, 5.74) is 0.945. The largest absolute Gasteiger partial charge is 0.467 e. The van der Waals surface area contributed by atoms with Crippen LogP contribution in [0.5, 0.6) is 0 Å². The quantitative estimate of drug-likeness (QED) is 0.819. The summed E-state index contributed by atoms with van der Waals surface area (Å²) >= 11 is 0. The second-order valence-corrected chi connectivity index (χ2v) is 6.30. The summed E-state index contributed by atoms with van der Waals surface area (Å²) in [6.07, 6.45) is -4.64. The average Bonchev–Trinajstić information content (AvgIpc) is 2.87. The summed E-state index contributed by atoms with van der Waals surface area (Å²) < 4.78 is 27.6. The van der Waals surface area contributed by atoms with Gasteiger partial charge in [-0.25, -0.2) is 4.79 Å². The topological polar surface area (TPSA) is 83.5 Å². The molecule has 2 aliphatic heterocycles. The van der Waals surface area contributed by atoms with Gasteiger partial charge in [0.15, 0.2) is 18.2 Å². The van der Waals surface area contributed by atoms with Crippen molar-refractivity contribution < 1.29 is 33.6 Å². The van der Waals surface area contributed by atoms with E-state index >= 15 is 0 Å². The Hall–Kier alpha value is -1.51. The van der Waals surface area contributed by atoms with E-state index in [0.29, 0.717) is 0 Å². The van der Waals surface area contributed by atoms with E-state index in [2.05, 4.69) is 0 Å². The zero-order valence-electron chi connectivity index (χ0n) is 13.9. The molecule has 0 spiro atoms. The van der Waals surface area contributed by atoms with Crippen molar-refractivity contribution in [3.8, 4) is 0 Å². The van der Waals surface area contributed by atoms with E-state index in [4.69, 9.17) is 23.7 Å². The molecule has 2 saturated heterocycles. The fourth-order valence-electron chi connectivity index (χ4n) is 2.95. The van der Waals surface area contributed by atoms with Gasteiger partial charge >= 0.3 is 5.97 Å². The van der Waals surface area contributed by atoms with E-state index in [9.17, 15) is 9.90 Å². The second kappa shape index (κ2) is 6.78. The van der Waals surface area contributed by atoms with Crippen LogP contribution in [0.3, 0.4) is 0 Å². The molecule has 7 heteroatoms. The fourth-order valence-corrected chi connectivity index (χ4v) is 2.95. The Kier molecular flexibility index (Phi) is 4.89. The lowest BCUT2D eigenvalue weighted by Gasteiger charge is -2.38. The van der Waals surface area contributed by atoms with Crippen molar-refractivity contribution in [2.24, 2.45) is 0 Å². The van der Waals surface area contributed by atoms with Crippen LogP contribution >= 0.6 is 0 Å². The number of hydrogen-bond donors (Lipinski definition) is 1. The molecule has 0 bridgehead atoms. The van der Waals surface area contributed by atoms with Gasteiger partial charge in [0.1, 0.15) is 18.3 Å². The second-order valence-electron chi connectivity index (χ2n) is 6.30. The van der Waals surface area contributed by atoms with E-state index in [1.54, 1.807) is 13.8 Å². The first-order valence-corrected chi connectivity index (χ1v) is 7.84. The van der Waals surface area contributed by atoms with Gasteiger partial charge < -0.3 is 28.8 Å². The molecular formula is C17H22O7. The molecule has 24 heavy (non-hydrogen) atoms. The molecule has 0 saturated carbocycles. The summed E-state index contributed by atoms with van der Waals surface area (Å²) in [5.74, 6) is -1.57. The molecule has 2 heterocycles. The summed E-state index contributed by atoms with van der Waals surface area (Å²) in [6.45, 7) is 3.74. The zero-order valence-corrected chi connectivity index (χ0v) is 13.9. The first-order chi connectivity index (χ1) is 11.4. The summed E-state index contributed by atoms with van der Waals surface area (Å²) in [6, 6.07) is 9.54. The van der Waals surface area contributed by atoms with Gasteiger partial charge in [-0.3, -0.25) is 0 Å². The molecule has 5 atom stereocenters. The molecular weight excluding hydrogens is 316 g/mol. The molecule has 3 unspecified atom stereocenters. The van der Waals surface area contributed by atoms with Crippen molar-refractivity contribution in [1.82, 2.24) is 0 Å². The highest BCUT2D eigenvalue weighted by Crippen LogP contribution is 2.38. The number of esters is 1. The zero-order chi connectivity index (χ0) is 17.3. The molecule has 2 fully saturated rings. The SMILES string of the molecule is COC(=O)C1O[C@@H]2OC(C)(C)OC2C(OCc2ccccc2)[C@@H]1O. The molecule has 132 valence electrons. The molecule has 0 aliphatic carbocycles. The molecule has 7 nitrogen and oxygen atoms in total. The lowest BCUT2D eigenvalue weighted by molar-refractivity contribution is -0.260. The first kappa shape index (κ1) is 17.3. The van der Waals surface area contributed by atoms with Gasteiger partial charge in [0.05, 0.1) is 13.7 Å². The first-order valence-electron chi connectivity index (χ1n) is 7.84. The van der Waals surface area contributed by atoms with Crippen LogP contribution in [0.4, 0.5) is 0 Å². The van der Waals surface area contributed by atoms with Gasteiger partial charge in [0.25, 0.3) is 0 Å². The number of rotatable bonds is 4. The molecule has 0 amide bonds. The van der Waals surface area contributed by atoms with Crippen molar-refractivity contribution in [2.45, 2.75) is 56.9 Å². The van der Waals surface area contributed by atoms with Crippen LogP contribution in [0.2, 0.25) is 0 Å². The monoisotopic (exact) mass is 338 g/mol. The van der Waals surface area contributed by atoms with Gasteiger partial charge in [0, 0.05) is 0 Å². The lowest BCUT2D eigenvalue weighted by Crippen LogP contribution is -2.59. The van der Waals surface area contributed by atoms with Crippen LogP contribution < -0.4 is 0 Å². The molecule has 3 rings (SSSR count). The van der Waals surface area contributed by atoms with Crippen molar-refractivity contribution >= 4 is 5.97 Å². The van der Waals surface area contributed by atoms with E-state index in [-0.39, 0.29) is 6.61 Å². The maximum Gasteiger partial charge on any atom is 0.337 e. The number of carbonyl (C=O) groups is 1. The minimum atomic E-state index is -1.22. The highest BCUT2D eigenvalue weighted by atomic mass is 16.8. The third-order valence-corrected chi connectivity index (χ3v) is 4.06. The molecule has 2 aliphatic rings. The molecule has 0 radical (unpaired) electrons. The molecule has 1 aromatic carbocycles. The Labute approximate surface area is 140 Å². The fraction of sp³-hybridized carbons (Fsp3) is 0.588. The molecule has 1 N–H and O–H groups in total. The van der Waals surface area contributed by atoms with Gasteiger partial charge in [-0.05, 0) is 19.4 Å². The van der Waals surface area contributed by atoms with Gasteiger partial charge in [-0.15, -0.1) is 0 Å². The number of ether oxygens (including phenoxy) is 5. The van der Waals surface area contributed by atoms with Gasteiger partial charge in [-0.2, -0.15) is 0 Å². The molecule has 0 aromatic heterocycles.